The van der Waals surface area contributed by atoms with Crippen LogP contribution in [0.5, 0.6) is 0 Å². The van der Waals surface area contributed by atoms with Gasteiger partial charge >= 0.3 is 0 Å². The van der Waals surface area contributed by atoms with E-state index in [4.69, 9.17) is 12.2 Å². The summed E-state index contributed by atoms with van der Waals surface area (Å²) in [5.41, 5.74) is 3.24. The maximum Gasteiger partial charge on any atom is 0.222 e. The zero-order valence-electron chi connectivity index (χ0n) is 14.3. The van der Waals surface area contributed by atoms with Crippen molar-refractivity contribution in [3.63, 3.8) is 0 Å². The molecule has 2 aromatic rings. The number of nitrogens with one attached hydrogen (secondary N) is 2. The Morgan fingerprint density at radius 3 is 2.64 bits per heavy atom. The monoisotopic (exact) mass is 354 g/mol. The molecule has 3 rings (SSSR count). The average Bonchev–Trinajstić information content (AvgIpc) is 2.99. The van der Waals surface area contributed by atoms with Crippen LogP contribution in [0.2, 0.25) is 0 Å². The molecule has 130 valence electrons. The van der Waals surface area contributed by atoms with E-state index in [1.165, 1.54) is 0 Å². The third kappa shape index (κ3) is 5.00. The highest BCUT2D eigenvalue weighted by atomic mass is 32.1. The molecule has 0 bridgehead atoms. The molecule has 0 aliphatic carbocycles. The minimum absolute atomic E-state index is 0.256. The maximum absolute atomic E-state index is 11.7. The van der Waals surface area contributed by atoms with Gasteiger partial charge in [0.2, 0.25) is 5.91 Å². The van der Waals surface area contributed by atoms with E-state index in [1.807, 2.05) is 30.0 Å². The van der Waals surface area contributed by atoms with Crippen molar-refractivity contribution in [1.82, 2.24) is 15.2 Å². The van der Waals surface area contributed by atoms with Gasteiger partial charge in [0, 0.05) is 31.7 Å². The van der Waals surface area contributed by atoms with Crippen LogP contribution in [-0.2, 0) is 17.9 Å². The van der Waals surface area contributed by atoms with Crippen LogP contribution in [0.3, 0.4) is 0 Å². The van der Waals surface area contributed by atoms with Gasteiger partial charge in [-0.2, -0.15) is 0 Å². The van der Waals surface area contributed by atoms with Crippen molar-refractivity contribution in [2.75, 3.05) is 11.9 Å². The highest BCUT2D eigenvalue weighted by Crippen LogP contribution is 2.14. The molecular weight excluding hydrogens is 332 g/mol. The molecule has 1 aromatic heterocycles. The van der Waals surface area contributed by atoms with Crippen LogP contribution in [0.15, 0.2) is 42.5 Å². The lowest BCUT2D eigenvalue weighted by Crippen LogP contribution is -2.28. The summed E-state index contributed by atoms with van der Waals surface area (Å²) in [5.74, 6) is 0.995. The molecule has 0 atom stereocenters. The lowest BCUT2D eigenvalue weighted by atomic mass is 10.1. The van der Waals surface area contributed by atoms with Crippen LogP contribution in [0.1, 0.15) is 29.7 Å². The number of nitrogens with zero attached hydrogens (tertiary/aromatic N) is 2. The van der Waals surface area contributed by atoms with Crippen molar-refractivity contribution in [2.45, 2.75) is 32.9 Å². The Morgan fingerprint density at radius 1 is 1.20 bits per heavy atom. The van der Waals surface area contributed by atoms with E-state index in [1.54, 1.807) is 0 Å². The third-order valence-corrected chi connectivity index (χ3v) is 4.40. The molecule has 25 heavy (non-hydrogen) atoms. The number of carbonyl (C=O) groups excluding carboxylic acids is 1. The number of hydrogen-bond acceptors (Lipinski definition) is 3. The Balaban J connectivity index is 1.48. The summed E-state index contributed by atoms with van der Waals surface area (Å²) in [6.45, 7) is 4.15. The summed E-state index contributed by atoms with van der Waals surface area (Å²) in [6.07, 6.45) is 1.66. The number of benzene rings is 1. The van der Waals surface area contributed by atoms with Crippen LogP contribution in [-0.4, -0.2) is 27.4 Å². The fourth-order valence-corrected chi connectivity index (χ4v) is 2.99. The number of likely N-dealkylation sites (tertiary alicyclic amines) is 1. The molecular formula is C19H22N4OS. The number of rotatable bonds is 5. The van der Waals surface area contributed by atoms with Crippen LogP contribution in [0.25, 0.3) is 0 Å². The highest BCUT2D eigenvalue weighted by Gasteiger charge is 2.19. The molecule has 0 unspecified atom stereocenters. The molecule has 2 N–H and O–H groups in total. The highest BCUT2D eigenvalue weighted by molar-refractivity contribution is 7.80. The fraction of sp³-hybridized carbons (Fsp3) is 0.316. The van der Waals surface area contributed by atoms with E-state index in [9.17, 15) is 4.79 Å². The van der Waals surface area contributed by atoms with Crippen LogP contribution in [0.4, 0.5) is 5.82 Å². The van der Waals surface area contributed by atoms with Crippen molar-refractivity contribution in [3.05, 3.63) is 59.3 Å². The lowest BCUT2D eigenvalue weighted by molar-refractivity contribution is -0.128. The van der Waals surface area contributed by atoms with Gasteiger partial charge in [0.25, 0.3) is 0 Å². The number of aromatic nitrogens is 1. The van der Waals surface area contributed by atoms with Gasteiger partial charge in [0.15, 0.2) is 5.11 Å². The van der Waals surface area contributed by atoms with Crippen LogP contribution < -0.4 is 10.6 Å². The Bertz CT molecular complexity index is 760. The quantitative estimate of drug-likeness (QED) is 0.809. The molecule has 0 radical (unpaired) electrons. The number of anilines is 1. The molecule has 2 heterocycles. The minimum atomic E-state index is 0.256. The first-order valence-electron chi connectivity index (χ1n) is 8.44. The number of amides is 1. The van der Waals surface area contributed by atoms with Crippen LogP contribution in [0, 0.1) is 6.92 Å². The standard InChI is InChI=1S/C19H22N4OS/c1-14-4-2-5-17(21-14)22-19(25)20-12-15-7-9-16(10-8-15)13-23-11-3-6-18(23)24/h2,4-5,7-10H,3,6,11-13H2,1H3,(H2,20,21,22,25). The van der Waals surface area contributed by atoms with E-state index in [-0.39, 0.29) is 5.91 Å². The zero-order valence-corrected chi connectivity index (χ0v) is 15.1. The second kappa shape index (κ2) is 8.07. The molecule has 0 spiro atoms. The summed E-state index contributed by atoms with van der Waals surface area (Å²) in [6, 6.07) is 14.0. The number of aryl methyl sites for hydroxylation is 1. The molecule has 1 aromatic carbocycles. The molecule has 1 fully saturated rings. The van der Waals surface area contributed by atoms with Crippen molar-refractivity contribution in [3.8, 4) is 0 Å². The van der Waals surface area contributed by atoms with Gasteiger partial charge in [-0.1, -0.05) is 30.3 Å². The Hall–Kier alpha value is -2.47. The predicted octanol–water partition coefficient (Wildman–Crippen LogP) is 3.00. The molecule has 1 amide bonds. The number of thiocarbonyl (C=S) groups is 1. The molecule has 1 aliphatic heterocycles. The normalized spacial score (nSPS) is 13.8. The summed E-state index contributed by atoms with van der Waals surface area (Å²) in [7, 11) is 0. The largest absolute Gasteiger partial charge is 0.358 e. The van der Waals surface area contributed by atoms with Gasteiger partial charge in [-0.25, -0.2) is 4.98 Å². The minimum Gasteiger partial charge on any atom is -0.358 e. The third-order valence-electron chi connectivity index (χ3n) is 4.15. The summed E-state index contributed by atoms with van der Waals surface area (Å²) >= 11 is 5.31. The van der Waals surface area contributed by atoms with E-state index in [2.05, 4.69) is 39.9 Å². The SMILES string of the molecule is Cc1cccc(NC(=S)NCc2ccc(CN3CCCC3=O)cc2)n1. The lowest BCUT2D eigenvalue weighted by Gasteiger charge is -2.16. The molecule has 5 nitrogen and oxygen atoms in total. The zero-order chi connectivity index (χ0) is 17.6. The van der Waals surface area contributed by atoms with Gasteiger partial charge in [-0.15, -0.1) is 0 Å². The second-order valence-electron chi connectivity index (χ2n) is 6.21. The second-order valence-corrected chi connectivity index (χ2v) is 6.62. The summed E-state index contributed by atoms with van der Waals surface area (Å²) < 4.78 is 0. The number of carbonyl (C=O) groups is 1. The van der Waals surface area contributed by atoms with Crippen molar-refractivity contribution >= 4 is 29.1 Å². The summed E-state index contributed by atoms with van der Waals surface area (Å²) in [5, 5.41) is 6.81. The van der Waals surface area contributed by atoms with Gasteiger partial charge < -0.3 is 15.5 Å². The Kier molecular flexibility index (Phi) is 5.60. The Labute approximate surface area is 153 Å². The molecule has 0 saturated carbocycles. The average molecular weight is 354 g/mol. The maximum atomic E-state index is 11.7. The van der Waals surface area contributed by atoms with Gasteiger partial charge in [0.1, 0.15) is 5.82 Å². The van der Waals surface area contributed by atoms with E-state index in [0.29, 0.717) is 24.6 Å². The molecule has 1 saturated heterocycles. The Morgan fingerprint density at radius 2 is 1.96 bits per heavy atom. The predicted molar refractivity (Wildman–Crippen MR) is 103 cm³/mol. The first-order valence-corrected chi connectivity index (χ1v) is 8.85. The first-order chi connectivity index (χ1) is 12.1. The van der Waals surface area contributed by atoms with Crippen molar-refractivity contribution < 1.29 is 4.79 Å². The van der Waals surface area contributed by atoms with Gasteiger partial charge in [-0.05, 0) is 48.8 Å². The van der Waals surface area contributed by atoms with Crippen molar-refractivity contribution in [2.24, 2.45) is 0 Å². The van der Waals surface area contributed by atoms with E-state index >= 15 is 0 Å². The first kappa shape index (κ1) is 17.4. The summed E-state index contributed by atoms with van der Waals surface area (Å²) in [4.78, 5) is 18.0. The van der Waals surface area contributed by atoms with Crippen LogP contribution >= 0.6 is 12.2 Å². The van der Waals surface area contributed by atoms with E-state index < -0.39 is 0 Å². The molecule has 6 heteroatoms. The number of hydrogen-bond donors (Lipinski definition) is 2. The van der Waals surface area contributed by atoms with Crippen molar-refractivity contribution in [1.29, 1.82) is 0 Å². The smallest absolute Gasteiger partial charge is 0.222 e. The number of pyridine rings is 1. The van der Waals surface area contributed by atoms with Gasteiger partial charge in [0.05, 0.1) is 0 Å². The van der Waals surface area contributed by atoms with Gasteiger partial charge in [-0.3, -0.25) is 4.79 Å². The molecule has 1 aliphatic rings. The van der Waals surface area contributed by atoms with E-state index in [0.717, 1.165) is 35.6 Å². The fourth-order valence-electron chi connectivity index (χ4n) is 2.81. The topological polar surface area (TPSA) is 57.3 Å².